The Morgan fingerprint density at radius 1 is 1.03 bits per heavy atom. The Labute approximate surface area is 218 Å². The summed E-state index contributed by atoms with van der Waals surface area (Å²) in [4.78, 5) is 17.3. The summed E-state index contributed by atoms with van der Waals surface area (Å²) >= 11 is 1.82. The third kappa shape index (κ3) is 4.91. The molecule has 0 bridgehead atoms. The van der Waals surface area contributed by atoms with Crippen molar-refractivity contribution in [3.8, 4) is 5.88 Å². The number of nitrogens with two attached hydrogens (primary N) is 1. The van der Waals surface area contributed by atoms with Crippen LogP contribution in [-0.2, 0) is 6.42 Å². The van der Waals surface area contributed by atoms with Gasteiger partial charge in [-0.1, -0.05) is 6.42 Å². The molecule has 192 valence electrons. The van der Waals surface area contributed by atoms with Gasteiger partial charge in [-0.15, -0.1) is 11.3 Å². The van der Waals surface area contributed by atoms with Crippen molar-refractivity contribution in [1.82, 2.24) is 14.9 Å². The van der Waals surface area contributed by atoms with Gasteiger partial charge >= 0.3 is 0 Å². The SMILES string of the molecule is CN1CCN(c2ccc(Nc3nc(OC4CCCCC4)c4c5c(sc4n3)CCC5CCN)cc2)CC1. The van der Waals surface area contributed by atoms with E-state index in [0.717, 1.165) is 73.6 Å². The molecule has 6 rings (SSSR count). The molecule has 1 aliphatic heterocycles. The number of aromatic nitrogens is 2. The largest absolute Gasteiger partial charge is 0.474 e. The number of anilines is 3. The second-order valence-corrected chi connectivity index (χ2v) is 11.7. The molecule has 2 aromatic heterocycles. The molecule has 3 heterocycles. The minimum atomic E-state index is 0.248. The van der Waals surface area contributed by atoms with Gasteiger partial charge in [0.15, 0.2) is 0 Å². The molecule has 3 aromatic rings. The number of hydrogen-bond donors (Lipinski definition) is 2. The van der Waals surface area contributed by atoms with Crippen LogP contribution in [0.15, 0.2) is 24.3 Å². The highest BCUT2D eigenvalue weighted by Crippen LogP contribution is 2.48. The molecule has 1 atom stereocenters. The van der Waals surface area contributed by atoms with Crippen LogP contribution in [0.1, 0.15) is 61.3 Å². The number of fused-ring (bicyclic) bond motifs is 3. The molecule has 0 amide bonds. The van der Waals surface area contributed by atoms with Crippen molar-refractivity contribution in [2.45, 2.75) is 63.4 Å². The number of piperazine rings is 1. The van der Waals surface area contributed by atoms with Crippen molar-refractivity contribution in [3.05, 3.63) is 34.7 Å². The van der Waals surface area contributed by atoms with Gasteiger partial charge in [-0.25, -0.2) is 4.98 Å². The average molecular weight is 507 g/mol. The predicted octanol–water partition coefficient (Wildman–Crippen LogP) is 5.28. The van der Waals surface area contributed by atoms with Crippen molar-refractivity contribution in [3.63, 3.8) is 0 Å². The van der Waals surface area contributed by atoms with E-state index >= 15 is 0 Å². The third-order valence-corrected chi connectivity index (χ3v) is 9.26. The number of benzene rings is 1. The predicted molar refractivity (Wildman–Crippen MR) is 149 cm³/mol. The molecule has 3 N–H and O–H groups in total. The van der Waals surface area contributed by atoms with E-state index in [-0.39, 0.29) is 6.10 Å². The van der Waals surface area contributed by atoms with Crippen LogP contribution < -0.4 is 20.7 Å². The van der Waals surface area contributed by atoms with E-state index < -0.39 is 0 Å². The minimum absolute atomic E-state index is 0.248. The highest BCUT2D eigenvalue weighted by Gasteiger charge is 2.31. The van der Waals surface area contributed by atoms with Crippen molar-refractivity contribution >= 4 is 38.9 Å². The molecule has 8 heteroatoms. The lowest BCUT2D eigenvalue weighted by atomic mass is 9.97. The topological polar surface area (TPSA) is 79.5 Å². The van der Waals surface area contributed by atoms with Gasteiger partial charge in [-0.3, -0.25) is 0 Å². The van der Waals surface area contributed by atoms with Crippen molar-refractivity contribution in [2.24, 2.45) is 5.73 Å². The average Bonchev–Trinajstić information content (AvgIpc) is 3.45. The van der Waals surface area contributed by atoms with Gasteiger partial charge in [0.1, 0.15) is 10.9 Å². The van der Waals surface area contributed by atoms with E-state index in [4.69, 9.17) is 20.4 Å². The van der Waals surface area contributed by atoms with E-state index in [9.17, 15) is 0 Å². The fourth-order valence-corrected chi connectivity index (χ4v) is 7.29. The molecule has 7 nitrogen and oxygen atoms in total. The number of nitrogens with zero attached hydrogens (tertiary/aromatic N) is 4. The summed E-state index contributed by atoms with van der Waals surface area (Å²) in [6.07, 6.45) is 9.56. The van der Waals surface area contributed by atoms with Crippen LogP contribution in [0, 0.1) is 0 Å². The van der Waals surface area contributed by atoms with Crippen LogP contribution in [0.25, 0.3) is 10.2 Å². The number of rotatable bonds is 7. The van der Waals surface area contributed by atoms with E-state index in [1.54, 1.807) is 0 Å². The van der Waals surface area contributed by atoms with Gasteiger partial charge in [0.25, 0.3) is 0 Å². The molecular formula is C28H38N6OS. The van der Waals surface area contributed by atoms with E-state index in [0.29, 0.717) is 18.4 Å². The summed E-state index contributed by atoms with van der Waals surface area (Å²) in [6, 6.07) is 8.66. The molecule has 0 spiro atoms. The Hall–Kier alpha value is -2.42. The maximum atomic E-state index is 6.64. The summed E-state index contributed by atoms with van der Waals surface area (Å²) < 4.78 is 6.64. The second kappa shape index (κ2) is 10.5. The minimum Gasteiger partial charge on any atom is -0.474 e. The maximum Gasteiger partial charge on any atom is 0.231 e. The maximum absolute atomic E-state index is 6.64. The molecule has 36 heavy (non-hydrogen) atoms. The number of nitrogens with one attached hydrogen (secondary N) is 1. The van der Waals surface area contributed by atoms with Crippen molar-refractivity contribution in [1.29, 1.82) is 0 Å². The molecule has 1 aromatic carbocycles. The first-order valence-corrected chi connectivity index (χ1v) is 14.5. The molecule has 1 saturated carbocycles. The Morgan fingerprint density at radius 2 is 1.81 bits per heavy atom. The lowest BCUT2D eigenvalue weighted by molar-refractivity contribution is 0.151. The molecular weight excluding hydrogens is 468 g/mol. The van der Waals surface area contributed by atoms with Gasteiger partial charge in [-0.05, 0) is 94.3 Å². The number of hydrogen-bond acceptors (Lipinski definition) is 8. The zero-order valence-electron chi connectivity index (χ0n) is 21.3. The van der Waals surface area contributed by atoms with Crippen molar-refractivity contribution < 1.29 is 4.74 Å². The van der Waals surface area contributed by atoms with Gasteiger partial charge in [0.05, 0.1) is 5.39 Å². The van der Waals surface area contributed by atoms with Gasteiger partial charge < -0.3 is 25.6 Å². The zero-order valence-corrected chi connectivity index (χ0v) is 22.2. The lowest BCUT2D eigenvalue weighted by Crippen LogP contribution is -2.44. The molecule has 1 unspecified atom stereocenters. The van der Waals surface area contributed by atoms with Gasteiger partial charge in [0.2, 0.25) is 11.8 Å². The Bertz CT molecular complexity index is 1180. The molecule has 2 aliphatic carbocycles. The summed E-state index contributed by atoms with van der Waals surface area (Å²) in [6.45, 7) is 5.06. The summed E-state index contributed by atoms with van der Waals surface area (Å²) in [5.74, 6) is 1.89. The van der Waals surface area contributed by atoms with Gasteiger partial charge in [0, 0.05) is 42.4 Å². The highest BCUT2D eigenvalue weighted by atomic mass is 32.1. The summed E-state index contributed by atoms with van der Waals surface area (Å²) in [5, 5.41) is 4.62. The lowest BCUT2D eigenvalue weighted by Gasteiger charge is -2.34. The number of likely N-dealkylation sites (N-methyl/N-ethyl adjacent to an activating group) is 1. The number of thiophene rings is 1. The quantitative estimate of drug-likeness (QED) is 0.451. The first-order chi connectivity index (χ1) is 17.7. The Kier molecular flexibility index (Phi) is 7.00. The Morgan fingerprint density at radius 3 is 2.56 bits per heavy atom. The Balaban J connectivity index is 1.28. The van der Waals surface area contributed by atoms with E-state index in [2.05, 4.69) is 46.4 Å². The fourth-order valence-electron chi connectivity index (χ4n) is 6.02. The molecule has 1 saturated heterocycles. The first kappa shape index (κ1) is 23.9. The first-order valence-electron chi connectivity index (χ1n) is 13.7. The molecule has 2 fully saturated rings. The summed E-state index contributed by atoms with van der Waals surface area (Å²) in [7, 11) is 2.19. The van der Waals surface area contributed by atoms with Crippen LogP contribution in [0.4, 0.5) is 17.3 Å². The van der Waals surface area contributed by atoms with E-state index in [1.165, 1.54) is 41.8 Å². The fraction of sp³-hybridized carbons (Fsp3) is 0.571. The van der Waals surface area contributed by atoms with Crippen LogP contribution >= 0.6 is 11.3 Å². The van der Waals surface area contributed by atoms with Crippen LogP contribution in [0.5, 0.6) is 5.88 Å². The van der Waals surface area contributed by atoms with E-state index in [1.807, 2.05) is 11.3 Å². The third-order valence-electron chi connectivity index (χ3n) is 8.10. The monoisotopic (exact) mass is 506 g/mol. The summed E-state index contributed by atoms with van der Waals surface area (Å²) in [5.41, 5.74) is 9.65. The number of aryl methyl sites for hydroxylation is 1. The molecule has 3 aliphatic rings. The standard InChI is InChI=1S/C28H38N6OS/c1-33-15-17-34(18-16-33)21-10-8-20(9-11-21)30-28-31-26(35-22-5-3-2-4-6-22)25-24-19(13-14-29)7-12-23(24)36-27(25)32-28/h8-11,19,22H,2-7,12-18,29H2,1H3,(H,30,31,32). The van der Waals surface area contributed by atoms with Crippen LogP contribution in [0.3, 0.4) is 0 Å². The van der Waals surface area contributed by atoms with Crippen molar-refractivity contribution in [2.75, 3.05) is 50.0 Å². The number of ether oxygens (including phenoxy) is 1. The highest BCUT2D eigenvalue weighted by molar-refractivity contribution is 7.19. The second-order valence-electron chi connectivity index (χ2n) is 10.6. The zero-order chi connectivity index (χ0) is 24.5. The van der Waals surface area contributed by atoms with Gasteiger partial charge in [-0.2, -0.15) is 4.98 Å². The smallest absolute Gasteiger partial charge is 0.231 e. The normalized spacial score (nSPS) is 21.2. The molecule has 0 radical (unpaired) electrons. The van der Waals surface area contributed by atoms with Crippen LogP contribution in [0.2, 0.25) is 0 Å². The van der Waals surface area contributed by atoms with Crippen LogP contribution in [-0.4, -0.2) is 60.7 Å².